The molecule has 0 aliphatic carbocycles. The molecule has 1 aliphatic rings. The van der Waals surface area contributed by atoms with E-state index in [2.05, 4.69) is 21.2 Å². The van der Waals surface area contributed by atoms with Crippen molar-refractivity contribution >= 4 is 37.5 Å². The predicted molar refractivity (Wildman–Crippen MR) is 69.1 cm³/mol. The summed E-state index contributed by atoms with van der Waals surface area (Å²) < 4.78 is 26.5. The minimum atomic E-state index is -3.73. The van der Waals surface area contributed by atoms with Crippen LogP contribution in [-0.4, -0.2) is 18.3 Å². The fourth-order valence-electron chi connectivity index (χ4n) is 1.87. The van der Waals surface area contributed by atoms with Gasteiger partial charge in [0.25, 0.3) is 15.9 Å². The third-order valence-electron chi connectivity index (χ3n) is 2.67. The molecule has 18 heavy (non-hydrogen) atoms. The Balaban J connectivity index is 2.39. The van der Waals surface area contributed by atoms with Gasteiger partial charge in [-0.2, -0.15) is 0 Å². The van der Waals surface area contributed by atoms with Crippen molar-refractivity contribution in [3.63, 3.8) is 0 Å². The SMILES string of the molecule is O=C1Nc2cc(Br)ccc2S(=O)(=O)n2cccc21. The number of anilines is 1. The first-order valence-electron chi connectivity index (χ1n) is 5.04. The molecule has 1 aromatic carbocycles. The normalized spacial score (nSPS) is 16.4. The number of aromatic nitrogens is 1. The summed E-state index contributed by atoms with van der Waals surface area (Å²) in [5.74, 6) is -0.444. The van der Waals surface area contributed by atoms with E-state index in [9.17, 15) is 13.2 Å². The molecule has 0 atom stereocenters. The third-order valence-corrected chi connectivity index (χ3v) is 4.91. The zero-order valence-corrected chi connectivity index (χ0v) is 11.3. The van der Waals surface area contributed by atoms with Crippen LogP contribution in [0.15, 0.2) is 45.9 Å². The maximum atomic E-state index is 12.4. The first-order valence-corrected chi connectivity index (χ1v) is 7.27. The van der Waals surface area contributed by atoms with Crippen molar-refractivity contribution in [2.75, 3.05) is 5.32 Å². The van der Waals surface area contributed by atoms with E-state index in [0.717, 1.165) is 3.97 Å². The van der Waals surface area contributed by atoms with Gasteiger partial charge >= 0.3 is 0 Å². The van der Waals surface area contributed by atoms with E-state index in [1.165, 1.54) is 24.4 Å². The lowest BCUT2D eigenvalue weighted by molar-refractivity contribution is 0.102. The molecule has 1 amide bonds. The van der Waals surface area contributed by atoms with E-state index >= 15 is 0 Å². The molecule has 0 saturated heterocycles. The van der Waals surface area contributed by atoms with E-state index < -0.39 is 15.9 Å². The Morgan fingerprint density at radius 3 is 2.78 bits per heavy atom. The summed E-state index contributed by atoms with van der Waals surface area (Å²) in [7, 11) is -3.73. The molecule has 92 valence electrons. The number of rotatable bonds is 0. The largest absolute Gasteiger partial charge is 0.319 e. The summed E-state index contributed by atoms with van der Waals surface area (Å²) in [5.41, 5.74) is 0.375. The van der Waals surface area contributed by atoms with Gasteiger partial charge in [-0.25, -0.2) is 12.4 Å². The van der Waals surface area contributed by atoms with Crippen LogP contribution in [0.2, 0.25) is 0 Å². The summed E-state index contributed by atoms with van der Waals surface area (Å²) >= 11 is 3.25. The fourth-order valence-corrected chi connectivity index (χ4v) is 3.70. The standard InChI is InChI=1S/C11H7BrN2O3S/c12-7-3-4-10-8(6-7)13-11(15)9-2-1-5-14(9)18(10,16)17/h1-6H,(H,13,15). The lowest BCUT2D eigenvalue weighted by Crippen LogP contribution is -2.16. The van der Waals surface area contributed by atoms with Crippen LogP contribution in [0.5, 0.6) is 0 Å². The van der Waals surface area contributed by atoms with Crippen LogP contribution < -0.4 is 5.32 Å². The smallest absolute Gasteiger partial charge is 0.273 e. The molecule has 0 radical (unpaired) electrons. The maximum Gasteiger partial charge on any atom is 0.273 e. The first kappa shape index (κ1) is 11.5. The van der Waals surface area contributed by atoms with Gasteiger partial charge in [-0.15, -0.1) is 0 Å². The van der Waals surface area contributed by atoms with E-state index in [4.69, 9.17) is 0 Å². The van der Waals surface area contributed by atoms with Crippen LogP contribution >= 0.6 is 15.9 Å². The minimum absolute atomic E-state index is 0.0778. The highest BCUT2D eigenvalue weighted by molar-refractivity contribution is 9.10. The molecule has 2 heterocycles. The number of hydrogen-bond acceptors (Lipinski definition) is 3. The average Bonchev–Trinajstić information content (AvgIpc) is 2.75. The van der Waals surface area contributed by atoms with Crippen molar-refractivity contribution in [3.8, 4) is 0 Å². The van der Waals surface area contributed by atoms with Crippen LogP contribution in [0.25, 0.3) is 0 Å². The summed E-state index contributed by atoms with van der Waals surface area (Å²) in [5, 5.41) is 2.59. The molecule has 1 aliphatic heterocycles. The molecule has 5 nitrogen and oxygen atoms in total. The Bertz CT molecular complexity index is 764. The van der Waals surface area contributed by atoms with Crippen molar-refractivity contribution in [2.24, 2.45) is 0 Å². The Hall–Kier alpha value is -1.60. The molecule has 3 rings (SSSR count). The lowest BCUT2D eigenvalue weighted by atomic mass is 10.3. The number of fused-ring (bicyclic) bond motifs is 2. The molecular formula is C11H7BrN2O3S. The fraction of sp³-hybridized carbons (Fsp3) is 0. The van der Waals surface area contributed by atoms with Crippen LogP contribution in [0.1, 0.15) is 10.5 Å². The van der Waals surface area contributed by atoms with Crippen LogP contribution in [0.3, 0.4) is 0 Å². The van der Waals surface area contributed by atoms with Crippen molar-refractivity contribution in [2.45, 2.75) is 4.90 Å². The molecule has 1 N–H and O–H groups in total. The van der Waals surface area contributed by atoms with Gasteiger partial charge in [0.2, 0.25) is 0 Å². The molecule has 0 bridgehead atoms. The number of nitrogens with one attached hydrogen (secondary N) is 1. The Morgan fingerprint density at radius 2 is 2.00 bits per heavy atom. The molecule has 2 aromatic rings. The molecule has 0 spiro atoms. The molecule has 0 unspecified atom stereocenters. The molecule has 1 aromatic heterocycles. The zero-order chi connectivity index (χ0) is 12.9. The lowest BCUT2D eigenvalue weighted by Gasteiger charge is -2.07. The highest BCUT2D eigenvalue weighted by atomic mass is 79.9. The van der Waals surface area contributed by atoms with Crippen molar-refractivity contribution in [1.82, 2.24) is 3.97 Å². The molecule has 0 saturated carbocycles. The average molecular weight is 327 g/mol. The van der Waals surface area contributed by atoms with Gasteiger partial charge in [-0.1, -0.05) is 15.9 Å². The first-order chi connectivity index (χ1) is 8.50. The number of carbonyl (C=O) groups is 1. The molecular weight excluding hydrogens is 320 g/mol. The second kappa shape index (κ2) is 3.69. The van der Waals surface area contributed by atoms with Gasteiger partial charge < -0.3 is 5.32 Å². The van der Waals surface area contributed by atoms with E-state index in [1.54, 1.807) is 12.1 Å². The summed E-state index contributed by atoms with van der Waals surface area (Å²) in [6.45, 7) is 0. The highest BCUT2D eigenvalue weighted by Gasteiger charge is 2.29. The van der Waals surface area contributed by atoms with Gasteiger partial charge in [0.05, 0.1) is 5.69 Å². The zero-order valence-electron chi connectivity index (χ0n) is 8.92. The number of nitrogens with zero attached hydrogens (tertiary/aromatic N) is 1. The summed E-state index contributed by atoms with van der Waals surface area (Å²) in [6, 6.07) is 7.64. The van der Waals surface area contributed by atoms with E-state index in [0.29, 0.717) is 4.47 Å². The van der Waals surface area contributed by atoms with Crippen molar-refractivity contribution in [1.29, 1.82) is 0 Å². The Morgan fingerprint density at radius 1 is 1.22 bits per heavy atom. The second-order valence-corrected chi connectivity index (χ2v) is 6.49. The predicted octanol–water partition coefficient (Wildman–Crippen LogP) is 2.05. The molecule has 7 heteroatoms. The van der Waals surface area contributed by atoms with E-state index in [1.807, 2.05) is 0 Å². The minimum Gasteiger partial charge on any atom is -0.319 e. The van der Waals surface area contributed by atoms with Crippen molar-refractivity contribution < 1.29 is 13.2 Å². The maximum absolute atomic E-state index is 12.4. The van der Waals surface area contributed by atoms with Crippen LogP contribution in [-0.2, 0) is 10.0 Å². The molecule has 0 fully saturated rings. The quantitative estimate of drug-likeness (QED) is 0.805. The number of amides is 1. The van der Waals surface area contributed by atoms with Crippen molar-refractivity contribution in [3.05, 3.63) is 46.7 Å². The monoisotopic (exact) mass is 326 g/mol. The number of hydrogen-bond donors (Lipinski definition) is 1. The third kappa shape index (κ3) is 1.51. The highest BCUT2D eigenvalue weighted by Crippen LogP contribution is 2.30. The van der Waals surface area contributed by atoms with Gasteiger partial charge in [0, 0.05) is 10.7 Å². The Labute approximate surface area is 112 Å². The van der Waals surface area contributed by atoms with Crippen LogP contribution in [0, 0.1) is 0 Å². The van der Waals surface area contributed by atoms with Gasteiger partial charge in [-0.3, -0.25) is 4.79 Å². The van der Waals surface area contributed by atoms with Gasteiger partial charge in [-0.05, 0) is 30.3 Å². The van der Waals surface area contributed by atoms with E-state index in [-0.39, 0.29) is 16.3 Å². The van der Waals surface area contributed by atoms with Gasteiger partial charge in [0.1, 0.15) is 10.6 Å². The van der Waals surface area contributed by atoms with Gasteiger partial charge in [0.15, 0.2) is 0 Å². The number of benzene rings is 1. The topological polar surface area (TPSA) is 68.2 Å². The second-order valence-electron chi connectivity index (χ2n) is 3.79. The Kier molecular flexibility index (Phi) is 2.36. The number of halogens is 1. The number of carbonyl (C=O) groups excluding carboxylic acids is 1. The summed E-state index contributed by atoms with van der Waals surface area (Å²) in [4.78, 5) is 12.0. The summed E-state index contributed by atoms with van der Waals surface area (Å²) in [6.07, 6.45) is 1.36. The van der Waals surface area contributed by atoms with Crippen LogP contribution in [0.4, 0.5) is 5.69 Å².